The number of methoxy groups -OCH3 is 1. The molecule has 3 N–H and O–H groups in total. The zero-order valence-corrected chi connectivity index (χ0v) is 17.6. The van der Waals surface area contributed by atoms with E-state index in [9.17, 15) is 12.8 Å². The molecule has 0 bridgehead atoms. The molecule has 1 aliphatic heterocycles. The van der Waals surface area contributed by atoms with Crippen LogP contribution in [0.2, 0.25) is 0 Å². The largest absolute Gasteiger partial charge is 0.495 e. The maximum atomic E-state index is 13.6. The van der Waals surface area contributed by atoms with Gasteiger partial charge in [-0.25, -0.2) is 12.8 Å². The second-order valence-corrected chi connectivity index (χ2v) is 9.10. The van der Waals surface area contributed by atoms with Gasteiger partial charge in [0, 0.05) is 36.3 Å². The molecule has 0 unspecified atom stereocenters. The number of halogens is 1. The van der Waals surface area contributed by atoms with E-state index in [0.29, 0.717) is 36.4 Å². The van der Waals surface area contributed by atoms with E-state index < -0.39 is 15.8 Å². The third-order valence-electron chi connectivity index (χ3n) is 5.42. The van der Waals surface area contributed by atoms with Crippen LogP contribution in [-0.4, -0.2) is 36.6 Å². The van der Waals surface area contributed by atoms with Gasteiger partial charge < -0.3 is 10.5 Å². The third kappa shape index (κ3) is 3.44. The van der Waals surface area contributed by atoms with Gasteiger partial charge in [-0.2, -0.15) is 9.40 Å². The van der Waals surface area contributed by atoms with Crippen molar-refractivity contribution in [3.8, 4) is 17.0 Å². The lowest BCUT2D eigenvalue weighted by Gasteiger charge is -2.27. The summed E-state index contributed by atoms with van der Waals surface area (Å²) in [4.78, 5) is 0.156. The quantitative estimate of drug-likeness (QED) is 0.606. The van der Waals surface area contributed by atoms with Crippen LogP contribution in [0.4, 0.5) is 10.1 Å². The number of aromatic amines is 1. The van der Waals surface area contributed by atoms with Gasteiger partial charge in [0.05, 0.1) is 18.5 Å². The number of anilines is 1. The van der Waals surface area contributed by atoms with Crippen molar-refractivity contribution in [1.29, 1.82) is 0 Å². The van der Waals surface area contributed by atoms with E-state index in [1.807, 2.05) is 13.0 Å². The van der Waals surface area contributed by atoms with Crippen LogP contribution in [-0.2, 0) is 29.4 Å². The maximum Gasteiger partial charge on any atom is 0.247 e. The molecule has 0 radical (unpaired) electrons. The summed E-state index contributed by atoms with van der Waals surface area (Å²) in [5.74, 6) is -0.188. The molecule has 9 heteroatoms. The van der Waals surface area contributed by atoms with Crippen molar-refractivity contribution in [2.45, 2.75) is 31.2 Å². The predicted molar refractivity (Wildman–Crippen MR) is 112 cm³/mol. The maximum absolute atomic E-state index is 13.6. The van der Waals surface area contributed by atoms with Gasteiger partial charge in [-0.05, 0) is 42.3 Å². The summed E-state index contributed by atoms with van der Waals surface area (Å²) in [5.41, 5.74) is 9.48. The highest BCUT2D eigenvalue weighted by Crippen LogP contribution is 2.34. The van der Waals surface area contributed by atoms with Crippen LogP contribution in [0.5, 0.6) is 5.75 Å². The van der Waals surface area contributed by atoms with Gasteiger partial charge in [-0.15, -0.1) is 0 Å². The minimum Gasteiger partial charge on any atom is -0.495 e. The molecule has 30 heavy (non-hydrogen) atoms. The second-order valence-electron chi connectivity index (χ2n) is 7.19. The first-order chi connectivity index (χ1) is 14.3. The number of hydrogen-bond donors (Lipinski definition) is 2. The van der Waals surface area contributed by atoms with Crippen molar-refractivity contribution < 1.29 is 17.5 Å². The van der Waals surface area contributed by atoms with Crippen LogP contribution < -0.4 is 10.5 Å². The van der Waals surface area contributed by atoms with E-state index in [0.717, 1.165) is 16.8 Å². The molecule has 0 spiro atoms. The number of nitrogens with zero attached hydrogens (tertiary/aromatic N) is 2. The molecule has 0 fully saturated rings. The number of sulfonamides is 1. The molecular weight excluding hydrogens is 407 g/mol. The number of hydrogen-bond acceptors (Lipinski definition) is 5. The lowest BCUT2D eigenvalue weighted by atomic mass is 10.0. The Labute approximate surface area is 174 Å². The molecule has 2 heterocycles. The Bertz CT molecular complexity index is 1210. The number of ether oxygens (including phenoxy) is 1. The van der Waals surface area contributed by atoms with Gasteiger partial charge in [0.15, 0.2) is 0 Å². The monoisotopic (exact) mass is 430 g/mol. The molecule has 4 rings (SSSR count). The number of aromatic nitrogens is 2. The zero-order chi connectivity index (χ0) is 21.5. The highest BCUT2D eigenvalue weighted by molar-refractivity contribution is 7.89. The number of nitrogens with one attached hydrogen (secondary N) is 1. The van der Waals surface area contributed by atoms with E-state index in [-0.39, 0.29) is 17.1 Å². The number of H-pyrrole nitrogens is 1. The normalized spacial score (nSPS) is 14.5. The minimum absolute atomic E-state index is 0.0191. The van der Waals surface area contributed by atoms with Crippen LogP contribution in [0.15, 0.2) is 41.3 Å². The average Bonchev–Trinajstić information content (AvgIpc) is 3.18. The van der Waals surface area contributed by atoms with Gasteiger partial charge in [0.25, 0.3) is 0 Å². The van der Waals surface area contributed by atoms with Crippen molar-refractivity contribution in [3.05, 3.63) is 59.0 Å². The van der Waals surface area contributed by atoms with Crippen molar-refractivity contribution in [2.75, 3.05) is 19.4 Å². The number of rotatable bonds is 5. The van der Waals surface area contributed by atoms with Crippen LogP contribution in [0.25, 0.3) is 11.3 Å². The van der Waals surface area contributed by atoms with Crippen LogP contribution in [0, 0.1) is 5.82 Å². The fraction of sp³-hybridized carbons (Fsp3) is 0.286. The van der Waals surface area contributed by atoms with Gasteiger partial charge in [-0.1, -0.05) is 13.0 Å². The van der Waals surface area contributed by atoms with Crippen molar-refractivity contribution >= 4 is 15.7 Å². The Balaban J connectivity index is 1.72. The second kappa shape index (κ2) is 7.73. The first-order valence-electron chi connectivity index (χ1n) is 9.63. The van der Waals surface area contributed by atoms with E-state index in [4.69, 9.17) is 10.5 Å². The average molecular weight is 431 g/mol. The van der Waals surface area contributed by atoms with Gasteiger partial charge in [-0.3, -0.25) is 5.10 Å². The Morgan fingerprint density at radius 2 is 2.07 bits per heavy atom. The van der Waals surface area contributed by atoms with Crippen LogP contribution >= 0.6 is 0 Å². The molecule has 7 nitrogen and oxygen atoms in total. The van der Waals surface area contributed by atoms with Gasteiger partial charge in [0.2, 0.25) is 10.0 Å². The Hall–Kier alpha value is -2.91. The molecule has 1 aromatic heterocycles. The lowest BCUT2D eigenvalue weighted by Crippen LogP contribution is -2.36. The Morgan fingerprint density at radius 3 is 2.77 bits per heavy atom. The molecule has 0 atom stereocenters. The molecule has 158 valence electrons. The van der Waals surface area contributed by atoms with Crippen molar-refractivity contribution in [1.82, 2.24) is 14.5 Å². The molecule has 3 aromatic rings. The number of aryl methyl sites for hydroxylation is 1. The number of benzene rings is 2. The minimum atomic E-state index is -3.79. The number of nitrogens with two attached hydrogens (primary N) is 1. The van der Waals surface area contributed by atoms with Crippen molar-refractivity contribution in [2.24, 2.45) is 0 Å². The highest BCUT2D eigenvalue weighted by atomic mass is 32.2. The number of nitrogen functional groups attached to an aromatic ring is 1. The first kappa shape index (κ1) is 20.4. The standard InChI is InChI=1S/C21H23FN4O3S/c1-3-13-4-7-19(29-2)20(10-13)30(27,28)26-9-8-18-15(12-26)21(25-24-18)14-5-6-16(22)17(23)11-14/h4-7,10-11H,3,8-9,12,23H2,1-2H3,(H,24,25). The number of fused-ring (bicyclic) bond motifs is 1. The summed E-state index contributed by atoms with van der Waals surface area (Å²) in [5, 5.41) is 7.32. The summed E-state index contributed by atoms with van der Waals surface area (Å²) in [6, 6.07) is 9.59. The van der Waals surface area contributed by atoms with Gasteiger partial charge >= 0.3 is 0 Å². The molecule has 0 saturated carbocycles. The predicted octanol–water partition coefficient (Wildman–Crippen LogP) is 3.12. The molecular formula is C21H23FN4O3S. The fourth-order valence-electron chi connectivity index (χ4n) is 3.69. The summed E-state index contributed by atoms with van der Waals surface area (Å²) >= 11 is 0. The Kier molecular flexibility index (Phi) is 5.25. The van der Waals surface area contributed by atoms with E-state index in [2.05, 4.69) is 10.2 Å². The van der Waals surface area contributed by atoms with Crippen LogP contribution in [0.1, 0.15) is 23.7 Å². The SMILES string of the molecule is CCc1ccc(OC)c(S(=O)(=O)N2CCc3[nH]nc(-c4ccc(F)c(N)c4)c3C2)c1. The molecule has 0 amide bonds. The Morgan fingerprint density at radius 1 is 1.27 bits per heavy atom. The smallest absolute Gasteiger partial charge is 0.247 e. The zero-order valence-electron chi connectivity index (χ0n) is 16.8. The van der Waals surface area contributed by atoms with E-state index >= 15 is 0 Å². The summed E-state index contributed by atoms with van der Waals surface area (Å²) in [6.07, 6.45) is 1.21. The molecule has 1 aliphatic rings. The molecule has 0 aliphatic carbocycles. The first-order valence-corrected chi connectivity index (χ1v) is 11.1. The molecule has 0 saturated heterocycles. The summed E-state index contributed by atoms with van der Waals surface area (Å²) in [6.45, 7) is 2.44. The molecule has 2 aromatic carbocycles. The van der Waals surface area contributed by atoms with Gasteiger partial charge in [0.1, 0.15) is 16.5 Å². The van der Waals surface area contributed by atoms with E-state index in [1.165, 1.54) is 23.5 Å². The van der Waals surface area contributed by atoms with Crippen LogP contribution in [0.3, 0.4) is 0 Å². The topological polar surface area (TPSA) is 101 Å². The highest BCUT2D eigenvalue weighted by Gasteiger charge is 2.33. The lowest BCUT2D eigenvalue weighted by molar-refractivity contribution is 0.377. The van der Waals surface area contributed by atoms with Crippen molar-refractivity contribution in [3.63, 3.8) is 0 Å². The summed E-state index contributed by atoms with van der Waals surface area (Å²) in [7, 11) is -2.33. The fourth-order valence-corrected chi connectivity index (χ4v) is 5.30. The van der Waals surface area contributed by atoms with E-state index in [1.54, 1.807) is 18.2 Å². The summed E-state index contributed by atoms with van der Waals surface area (Å²) < 4.78 is 47.2. The third-order valence-corrected chi connectivity index (χ3v) is 7.29.